The standard InChI is InChI=1S/C10H14OS2/c1-2-3-4-11-8-5-9(12)7-10(13)6-8/h5-7,12-13H,2-4H2,1H3. The maximum Gasteiger partial charge on any atom is 0.121 e. The van der Waals surface area contributed by atoms with Crippen molar-refractivity contribution in [3.63, 3.8) is 0 Å². The zero-order valence-electron chi connectivity index (χ0n) is 7.66. The molecule has 1 rings (SSSR count). The summed E-state index contributed by atoms with van der Waals surface area (Å²) < 4.78 is 5.51. The Labute approximate surface area is 90.3 Å². The highest BCUT2D eigenvalue weighted by Gasteiger charge is 1.96. The number of rotatable bonds is 4. The first kappa shape index (κ1) is 10.8. The van der Waals surface area contributed by atoms with Crippen molar-refractivity contribution < 1.29 is 4.74 Å². The fourth-order valence-corrected chi connectivity index (χ4v) is 1.62. The van der Waals surface area contributed by atoms with Gasteiger partial charge in [0.15, 0.2) is 0 Å². The predicted molar refractivity (Wildman–Crippen MR) is 61.3 cm³/mol. The summed E-state index contributed by atoms with van der Waals surface area (Å²) in [7, 11) is 0. The van der Waals surface area contributed by atoms with Crippen LogP contribution in [-0.4, -0.2) is 6.61 Å². The molecule has 0 saturated carbocycles. The van der Waals surface area contributed by atoms with Crippen molar-refractivity contribution in [2.75, 3.05) is 6.61 Å². The molecule has 0 aliphatic heterocycles. The van der Waals surface area contributed by atoms with Crippen molar-refractivity contribution in [2.45, 2.75) is 29.6 Å². The number of hydrogen-bond acceptors (Lipinski definition) is 3. The van der Waals surface area contributed by atoms with Gasteiger partial charge in [0.1, 0.15) is 5.75 Å². The summed E-state index contributed by atoms with van der Waals surface area (Å²) in [6, 6.07) is 5.69. The van der Waals surface area contributed by atoms with Gasteiger partial charge in [-0.15, -0.1) is 25.3 Å². The number of ether oxygens (including phenoxy) is 1. The molecule has 0 unspecified atom stereocenters. The summed E-state index contributed by atoms with van der Waals surface area (Å²) in [5.74, 6) is 0.853. The van der Waals surface area contributed by atoms with E-state index in [4.69, 9.17) is 4.74 Å². The Morgan fingerprint density at radius 2 is 1.77 bits per heavy atom. The van der Waals surface area contributed by atoms with E-state index in [1.807, 2.05) is 18.2 Å². The lowest BCUT2D eigenvalue weighted by Gasteiger charge is -2.06. The summed E-state index contributed by atoms with van der Waals surface area (Å²) >= 11 is 8.48. The molecular weight excluding hydrogens is 200 g/mol. The zero-order valence-corrected chi connectivity index (χ0v) is 9.44. The molecule has 1 aromatic carbocycles. The van der Waals surface area contributed by atoms with Gasteiger partial charge in [-0.25, -0.2) is 0 Å². The first-order valence-electron chi connectivity index (χ1n) is 4.38. The molecule has 0 aliphatic carbocycles. The monoisotopic (exact) mass is 214 g/mol. The molecule has 0 saturated heterocycles. The molecule has 0 radical (unpaired) electrons. The second-order valence-electron chi connectivity index (χ2n) is 2.89. The van der Waals surface area contributed by atoms with Crippen LogP contribution in [-0.2, 0) is 0 Å². The first-order chi connectivity index (χ1) is 6.22. The third-order valence-corrected chi connectivity index (χ3v) is 2.16. The van der Waals surface area contributed by atoms with Gasteiger partial charge in [0.05, 0.1) is 6.61 Å². The van der Waals surface area contributed by atoms with Crippen molar-refractivity contribution in [1.29, 1.82) is 0 Å². The normalized spacial score (nSPS) is 10.1. The third-order valence-electron chi connectivity index (χ3n) is 1.64. The Morgan fingerprint density at radius 1 is 1.15 bits per heavy atom. The van der Waals surface area contributed by atoms with Crippen LogP contribution in [0.15, 0.2) is 28.0 Å². The molecule has 0 atom stereocenters. The van der Waals surface area contributed by atoms with Gasteiger partial charge >= 0.3 is 0 Å². The molecule has 0 heterocycles. The molecule has 0 spiro atoms. The molecule has 0 N–H and O–H groups in total. The minimum atomic E-state index is 0.765. The van der Waals surface area contributed by atoms with Gasteiger partial charge in [-0.05, 0) is 24.6 Å². The molecule has 13 heavy (non-hydrogen) atoms. The van der Waals surface area contributed by atoms with E-state index in [-0.39, 0.29) is 0 Å². The number of hydrogen-bond donors (Lipinski definition) is 2. The number of thiol groups is 2. The third kappa shape index (κ3) is 3.96. The van der Waals surface area contributed by atoms with Gasteiger partial charge in [0.25, 0.3) is 0 Å². The summed E-state index contributed by atoms with van der Waals surface area (Å²) in [5.41, 5.74) is 0. The van der Waals surface area contributed by atoms with E-state index in [9.17, 15) is 0 Å². The molecule has 72 valence electrons. The average Bonchev–Trinajstić information content (AvgIpc) is 2.03. The van der Waals surface area contributed by atoms with Crippen LogP contribution < -0.4 is 4.74 Å². The lowest BCUT2D eigenvalue weighted by molar-refractivity contribution is 0.308. The van der Waals surface area contributed by atoms with Crippen molar-refractivity contribution in [1.82, 2.24) is 0 Å². The van der Waals surface area contributed by atoms with Crippen molar-refractivity contribution in [2.24, 2.45) is 0 Å². The van der Waals surface area contributed by atoms with Crippen molar-refractivity contribution in [3.05, 3.63) is 18.2 Å². The second kappa shape index (κ2) is 5.45. The Kier molecular flexibility index (Phi) is 4.53. The molecule has 1 nitrogen and oxygen atoms in total. The highest BCUT2D eigenvalue weighted by molar-refractivity contribution is 7.81. The fourth-order valence-electron chi connectivity index (χ4n) is 0.986. The molecule has 0 bridgehead atoms. The number of unbranched alkanes of at least 4 members (excludes halogenated alkanes) is 1. The van der Waals surface area contributed by atoms with E-state index in [1.165, 1.54) is 0 Å². The van der Waals surface area contributed by atoms with E-state index >= 15 is 0 Å². The smallest absolute Gasteiger partial charge is 0.121 e. The van der Waals surface area contributed by atoms with Crippen LogP contribution in [0.1, 0.15) is 19.8 Å². The summed E-state index contributed by atoms with van der Waals surface area (Å²) in [5, 5.41) is 0. The van der Waals surface area contributed by atoms with E-state index in [0.29, 0.717) is 0 Å². The molecule has 0 aromatic heterocycles. The van der Waals surface area contributed by atoms with E-state index in [2.05, 4.69) is 32.2 Å². The summed E-state index contributed by atoms with van der Waals surface area (Å²) in [6.45, 7) is 2.91. The Balaban J connectivity index is 2.56. The minimum absolute atomic E-state index is 0.765. The maximum absolute atomic E-state index is 5.51. The maximum atomic E-state index is 5.51. The Bertz CT molecular complexity index is 253. The second-order valence-corrected chi connectivity index (χ2v) is 3.92. The summed E-state index contributed by atoms with van der Waals surface area (Å²) in [6.07, 6.45) is 2.23. The predicted octanol–water partition coefficient (Wildman–Crippen LogP) is 3.44. The van der Waals surface area contributed by atoms with Gasteiger partial charge in [-0.1, -0.05) is 13.3 Å². The van der Waals surface area contributed by atoms with Crippen LogP contribution >= 0.6 is 25.3 Å². The van der Waals surface area contributed by atoms with Crippen molar-refractivity contribution in [3.8, 4) is 5.75 Å². The molecule has 0 aliphatic rings. The Hall–Kier alpha value is -0.280. The van der Waals surface area contributed by atoms with Crippen LogP contribution in [0.3, 0.4) is 0 Å². The van der Waals surface area contributed by atoms with Crippen LogP contribution in [0.5, 0.6) is 5.75 Å². The van der Waals surface area contributed by atoms with Crippen LogP contribution in [0.4, 0.5) is 0 Å². The number of benzene rings is 1. The van der Waals surface area contributed by atoms with Gasteiger partial charge in [-0.2, -0.15) is 0 Å². The van der Waals surface area contributed by atoms with E-state index in [1.54, 1.807) is 0 Å². The lowest BCUT2D eigenvalue weighted by Crippen LogP contribution is -1.96. The molecule has 0 fully saturated rings. The zero-order chi connectivity index (χ0) is 9.68. The van der Waals surface area contributed by atoms with E-state index in [0.717, 1.165) is 35.0 Å². The Morgan fingerprint density at radius 3 is 2.31 bits per heavy atom. The van der Waals surface area contributed by atoms with Crippen LogP contribution in [0, 0.1) is 0 Å². The minimum Gasteiger partial charge on any atom is -0.494 e. The lowest BCUT2D eigenvalue weighted by atomic mass is 10.3. The molecule has 0 amide bonds. The largest absolute Gasteiger partial charge is 0.494 e. The van der Waals surface area contributed by atoms with E-state index < -0.39 is 0 Å². The topological polar surface area (TPSA) is 9.23 Å². The van der Waals surface area contributed by atoms with Crippen molar-refractivity contribution >= 4 is 25.3 Å². The molecule has 3 heteroatoms. The highest BCUT2D eigenvalue weighted by Crippen LogP contribution is 2.22. The highest BCUT2D eigenvalue weighted by atomic mass is 32.1. The van der Waals surface area contributed by atoms with Crippen LogP contribution in [0.25, 0.3) is 0 Å². The van der Waals surface area contributed by atoms with Gasteiger partial charge in [0.2, 0.25) is 0 Å². The fraction of sp³-hybridized carbons (Fsp3) is 0.400. The van der Waals surface area contributed by atoms with Crippen LogP contribution in [0.2, 0.25) is 0 Å². The summed E-state index contributed by atoms with van der Waals surface area (Å²) in [4.78, 5) is 1.78. The quantitative estimate of drug-likeness (QED) is 0.576. The molecule has 1 aromatic rings. The SMILES string of the molecule is CCCCOc1cc(S)cc(S)c1. The molecular formula is C10H14OS2. The van der Waals surface area contributed by atoms with Gasteiger partial charge < -0.3 is 4.74 Å². The van der Waals surface area contributed by atoms with Gasteiger partial charge in [0, 0.05) is 9.79 Å². The average molecular weight is 214 g/mol. The first-order valence-corrected chi connectivity index (χ1v) is 5.27. The van der Waals surface area contributed by atoms with Gasteiger partial charge in [-0.3, -0.25) is 0 Å².